The fourth-order valence-corrected chi connectivity index (χ4v) is 2.81. The Morgan fingerprint density at radius 3 is 2.38 bits per heavy atom. The number of nitrogens with one attached hydrogen (secondary N) is 3. The Morgan fingerprint density at radius 1 is 1.04 bits per heavy atom. The second kappa shape index (κ2) is 7.35. The molecule has 0 saturated heterocycles. The lowest BCUT2D eigenvalue weighted by molar-refractivity contribution is 0.249. The van der Waals surface area contributed by atoms with Crippen molar-refractivity contribution in [1.82, 2.24) is 5.32 Å². The second-order valence-corrected chi connectivity index (χ2v) is 7.44. The van der Waals surface area contributed by atoms with Crippen LogP contribution in [0.5, 0.6) is 0 Å². The number of anilines is 2. The molecule has 6 nitrogen and oxygen atoms in total. The molecule has 2 rings (SSSR count). The van der Waals surface area contributed by atoms with Crippen LogP contribution >= 0.6 is 0 Å². The van der Waals surface area contributed by atoms with Crippen LogP contribution in [-0.4, -0.2) is 20.7 Å². The van der Waals surface area contributed by atoms with Crippen LogP contribution in [0.25, 0.3) is 0 Å². The Kier molecular flexibility index (Phi) is 5.46. The quantitative estimate of drug-likeness (QED) is 0.776. The van der Waals surface area contributed by atoms with Crippen molar-refractivity contribution in [3.8, 4) is 0 Å². The number of carbonyl (C=O) groups excluding carboxylic acids is 1. The van der Waals surface area contributed by atoms with Crippen molar-refractivity contribution in [1.29, 1.82) is 0 Å². The second-order valence-electron chi connectivity index (χ2n) is 5.69. The molecule has 0 aliphatic rings. The molecule has 0 unspecified atom stereocenters. The molecule has 0 saturated carbocycles. The summed E-state index contributed by atoms with van der Waals surface area (Å²) in [6.45, 7) is 3.78. The number of sulfonamides is 1. The van der Waals surface area contributed by atoms with Crippen molar-refractivity contribution >= 4 is 27.4 Å². The SMILES string of the molecule is Cc1cccc(NC(=O)N[C@H](C)c2cccc(NS(C)(=O)=O)c2)c1. The first kappa shape index (κ1) is 17.8. The maximum Gasteiger partial charge on any atom is 0.319 e. The minimum Gasteiger partial charge on any atom is -0.331 e. The van der Waals surface area contributed by atoms with E-state index in [-0.39, 0.29) is 12.1 Å². The molecule has 0 aliphatic carbocycles. The molecule has 24 heavy (non-hydrogen) atoms. The Balaban J connectivity index is 2.02. The smallest absolute Gasteiger partial charge is 0.319 e. The third-order valence-corrected chi connectivity index (χ3v) is 3.92. The molecule has 2 amide bonds. The molecule has 0 aromatic heterocycles. The van der Waals surface area contributed by atoms with E-state index < -0.39 is 10.0 Å². The zero-order valence-corrected chi connectivity index (χ0v) is 14.6. The predicted octanol–water partition coefficient (Wildman–Crippen LogP) is 3.25. The van der Waals surface area contributed by atoms with Crippen molar-refractivity contribution in [3.05, 3.63) is 59.7 Å². The average molecular weight is 347 g/mol. The minimum absolute atomic E-state index is 0.281. The lowest BCUT2D eigenvalue weighted by Gasteiger charge is -2.16. The van der Waals surface area contributed by atoms with Gasteiger partial charge in [-0.15, -0.1) is 0 Å². The lowest BCUT2D eigenvalue weighted by atomic mass is 10.1. The molecule has 0 radical (unpaired) electrons. The molecule has 2 aromatic rings. The highest BCUT2D eigenvalue weighted by Crippen LogP contribution is 2.18. The van der Waals surface area contributed by atoms with Gasteiger partial charge in [0.25, 0.3) is 0 Å². The summed E-state index contributed by atoms with van der Waals surface area (Å²) in [5.74, 6) is 0. The highest BCUT2D eigenvalue weighted by molar-refractivity contribution is 7.92. The highest BCUT2D eigenvalue weighted by atomic mass is 32.2. The minimum atomic E-state index is -3.34. The van der Waals surface area contributed by atoms with Crippen molar-refractivity contribution in [2.45, 2.75) is 19.9 Å². The summed E-state index contributed by atoms with van der Waals surface area (Å²) >= 11 is 0. The van der Waals surface area contributed by atoms with Gasteiger partial charge in [-0.05, 0) is 49.2 Å². The van der Waals surface area contributed by atoms with Gasteiger partial charge in [-0.3, -0.25) is 4.72 Å². The van der Waals surface area contributed by atoms with Crippen molar-refractivity contribution in [2.24, 2.45) is 0 Å². The molecule has 0 heterocycles. The number of hydrogen-bond donors (Lipinski definition) is 3. The summed E-state index contributed by atoms with van der Waals surface area (Å²) in [6.07, 6.45) is 1.09. The van der Waals surface area contributed by atoms with Crippen LogP contribution in [-0.2, 0) is 10.0 Å². The number of benzene rings is 2. The fourth-order valence-electron chi connectivity index (χ4n) is 2.26. The van der Waals surface area contributed by atoms with E-state index in [1.54, 1.807) is 18.2 Å². The zero-order valence-electron chi connectivity index (χ0n) is 13.8. The van der Waals surface area contributed by atoms with E-state index in [4.69, 9.17) is 0 Å². The number of urea groups is 1. The highest BCUT2D eigenvalue weighted by Gasteiger charge is 2.11. The van der Waals surface area contributed by atoms with Crippen molar-refractivity contribution in [3.63, 3.8) is 0 Å². The molecular weight excluding hydrogens is 326 g/mol. The van der Waals surface area contributed by atoms with E-state index in [0.717, 1.165) is 17.4 Å². The van der Waals surface area contributed by atoms with Gasteiger partial charge in [0.05, 0.1) is 12.3 Å². The Hall–Kier alpha value is -2.54. The molecule has 3 N–H and O–H groups in total. The van der Waals surface area contributed by atoms with Crippen molar-refractivity contribution in [2.75, 3.05) is 16.3 Å². The molecule has 0 bridgehead atoms. The summed E-state index contributed by atoms with van der Waals surface area (Å²) in [5, 5.41) is 5.60. The lowest BCUT2D eigenvalue weighted by Crippen LogP contribution is -2.31. The number of rotatable bonds is 5. The van der Waals surface area contributed by atoms with Crippen LogP contribution in [0, 0.1) is 6.92 Å². The Bertz CT molecular complexity index is 834. The topological polar surface area (TPSA) is 87.3 Å². The van der Waals surface area contributed by atoms with E-state index in [1.165, 1.54) is 0 Å². The van der Waals surface area contributed by atoms with Gasteiger partial charge in [0.1, 0.15) is 0 Å². The first-order chi connectivity index (χ1) is 11.2. The fraction of sp³-hybridized carbons (Fsp3) is 0.235. The van der Waals surface area contributed by atoms with Gasteiger partial charge >= 0.3 is 6.03 Å². The molecule has 0 fully saturated rings. The summed E-state index contributed by atoms with van der Waals surface area (Å²) in [5.41, 5.74) is 3.03. The van der Waals surface area contributed by atoms with Crippen LogP contribution in [0.4, 0.5) is 16.2 Å². The average Bonchev–Trinajstić information content (AvgIpc) is 2.45. The largest absolute Gasteiger partial charge is 0.331 e. The third kappa shape index (κ3) is 5.58. The van der Waals surface area contributed by atoms with E-state index in [1.807, 2.05) is 44.2 Å². The molecular formula is C17H21N3O3S. The van der Waals surface area contributed by atoms with E-state index in [2.05, 4.69) is 15.4 Å². The number of amides is 2. The number of aryl methyl sites for hydroxylation is 1. The summed E-state index contributed by atoms with van der Waals surface area (Å²) < 4.78 is 25.0. The first-order valence-electron chi connectivity index (χ1n) is 7.45. The molecule has 128 valence electrons. The van der Waals surface area contributed by atoms with Gasteiger partial charge in [-0.25, -0.2) is 13.2 Å². The maximum atomic E-state index is 12.1. The molecule has 2 aromatic carbocycles. The van der Waals surface area contributed by atoms with E-state index in [9.17, 15) is 13.2 Å². The monoisotopic (exact) mass is 347 g/mol. The van der Waals surface area contributed by atoms with Crippen LogP contribution < -0.4 is 15.4 Å². The predicted molar refractivity (Wildman–Crippen MR) is 96.7 cm³/mol. The van der Waals surface area contributed by atoms with E-state index in [0.29, 0.717) is 11.4 Å². The number of carbonyl (C=O) groups is 1. The zero-order chi connectivity index (χ0) is 17.7. The van der Waals surface area contributed by atoms with Crippen molar-refractivity contribution < 1.29 is 13.2 Å². The molecule has 0 aliphatic heterocycles. The normalized spacial score (nSPS) is 12.3. The Morgan fingerprint density at radius 2 is 1.71 bits per heavy atom. The van der Waals surface area contributed by atoms with Gasteiger partial charge in [-0.2, -0.15) is 0 Å². The van der Waals surface area contributed by atoms with Crippen LogP contribution in [0.3, 0.4) is 0 Å². The van der Waals surface area contributed by atoms with Crippen LogP contribution in [0.2, 0.25) is 0 Å². The van der Waals surface area contributed by atoms with Gasteiger partial charge in [0.2, 0.25) is 10.0 Å². The first-order valence-corrected chi connectivity index (χ1v) is 9.34. The standard InChI is InChI=1S/C17H21N3O3S/c1-12-6-4-8-15(10-12)19-17(21)18-13(2)14-7-5-9-16(11-14)20-24(3,22)23/h4-11,13,20H,1-3H3,(H2,18,19,21)/t13-/m1/s1. The molecule has 0 spiro atoms. The van der Waals surface area contributed by atoms with Gasteiger partial charge in [-0.1, -0.05) is 24.3 Å². The number of hydrogen-bond acceptors (Lipinski definition) is 3. The maximum absolute atomic E-state index is 12.1. The van der Waals surface area contributed by atoms with Gasteiger partial charge in [0, 0.05) is 11.4 Å². The molecule has 7 heteroatoms. The van der Waals surface area contributed by atoms with Gasteiger partial charge in [0.15, 0.2) is 0 Å². The van der Waals surface area contributed by atoms with Gasteiger partial charge < -0.3 is 10.6 Å². The molecule has 1 atom stereocenters. The summed E-state index contributed by atoms with van der Waals surface area (Å²) in [7, 11) is -3.34. The van der Waals surface area contributed by atoms with Crippen LogP contribution in [0.15, 0.2) is 48.5 Å². The van der Waals surface area contributed by atoms with Crippen LogP contribution in [0.1, 0.15) is 24.1 Å². The summed E-state index contributed by atoms with van der Waals surface area (Å²) in [6, 6.07) is 13.8. The Labute approximate surface area is 142 Å². The third-order valence-electron chi connectivity index (χ3n) is 3.31. The summed E-state index contributed by atoms with van der Waals surface area (Å²) in [4.78, 5) is 12.1. The van der Waals surface area contributed by atoms with E-state index >= 15 is 0 Å².